The van der Waals surface area contributed by atoms with E-state index in [0.29, 0.717) is 4.90 Å². The highest BCUT2D eigenvalue weighted by atomic mass is 79.9. The van der Waals surface area contributed by atoms with E-state index in [0.717, 1.165) is 34.9 Å². The molecule has 0 aliphatic rings. The van der Waals surface area contributed by atoms with Gasteiger partial charge in [0.2, 0.25) is 0 Å². The quantitative estimate of drug-likeness (QED) is 0.684. The average Bonchev–Trinajstić information content (AvgIpc) is 2.44. The average molecular weight is 372 g/mol. The number of halogens is 3. The molecule has 0 amide bonds. The Kier molecular flexibility index (Phi) is 6.21. The molecule has 0 aliphatic heterocycles. The van der Waals surface area contributed by atoms with Gasteiger partial charge < -0.3 is 5.32 Å². The van der Waals surface area contributed by atoms with E-state index >= 15 is 0 Å². The lowest BCUT2D eigenvalue weighted by Crippen LogP contribution is -2.13. The summed E-state index contributed by atoms with van der Waals surface area (Å²) in [5.41, 5.74) is 1.17. The van der Waals surface area contributed by atoms with E-state index < -0.39 is 11.6 Å². The number of nitrogens with one attached hydrogen (secondary N) is 1. The Morgan fingerprint density at radius 3 is 2.52 bits per heavy atom. The molecule has 0 aromatic heterocycles. The molecule has 0 aliphatic carbocycles. The van der Waals surface area contributed by atoms with Crippen molar-refractivity contribution < 1.29 is 8.78 Å². The summed E-state index contributed by atoms with van der Waals surface area (Å²) in [6, 6.07) is 9.60. The second kappa shape index (κ2) is 7.92. The number of hydrogen-bond donors (Lipinski definition) is 1. The van der Waals surface area contributed by atoms with Crippen LogP contribution in [0, 0.1) is 11.6 Å². The molecule has 0 bridgehead atoms. The van der Waals surface area contributed by atoms with E-state index in [-0.39, 0.29) is 0 Å². The molecule has 5 heteroatoms. The Balaban J connectivity index is 2.10. The highest BCUT2D eigenvalue weighted by molar-refractivity contribution is 9.10. The van der Waals surface area contributed by atoms with Gasteiger partial charge in [-0.3, -0.25) is 0 Å². The minimum atomic E-state index is -0.562. The van der Waals surface area contributed by atoms with Gasteiger partial charge in [0, 0.05) is 26.9 Å². The third-order valence-corrected chi connectivity index (χ3v) is 4.91. The zero-order valence-corrected chi connectivity index (χ0v) is 14.0. The maximum absolute atomic E-state index is 13.7. The van der Waals surface area contributed by atoms with Crippen molar-refractivity contribution in [3.05, 3.63) is 58.1 Å². The van der Waals surface area contributed by atoms with Gasteiger partial charge in [-0.15, -0.1) is 0 Å². The molecule has 1 N–H and O–H groups in total. The molecular formula is C16H16BrF2NS. The summed E-state index contributed by atoms with van der Waals surface area (Å²) in [7, 11) is 0. The Bertz CT molecular complexity index is 619. The second-order valence-corrected chi connectivity index (χ2v) is 6.56. The van der Waals surface area contributed by atoms with Crippen molar-refractivity contribution >= 4 is 27.7 Å². The smallest absolute Gasteiger partial charge is 0.140 e. The first-order valence-corrected chi connectivity index (χ1v) is 8.33. The minimum Gasteiger partial charge on any atom is -0.313 e. The monoisotopic (exact) mass is 371 g/mol. The first kappa shape index (κ1) is 16.5. The van der Waals surface area contributed by atoms with Crippen molar-refractivity contribution in [3.63, 3.8) is 0 Å². The lowest BCUT2D eigenvalue weighted by molar-refractivity contribution is 0.565. The first-order valence-electron chi connectivity index (χ1n) is 6.72. The molecule has 112 valence electrons. The fourth-order valence-corrected chi connectivity index (χ4v) is 3.31. The van der Waals surface area contributed by atoms with Gasteiger partial charge in [-0.25, -0.2) is 8.78 Å². The Labute approximate surface area is 136 Å². The molecule has 0 atom stereocenters. The summed E-state index contributed by atoms with van der Waals surface area (Å²) < 4.78 is 27.5. The zero-order valence-electron chi connectivity index (χ0n) is 11.6. The van der Waals surface area contributed by atoms with Crippen LogP contribution in [0.4, 0.5) is 8.78 Å². The molecule has 0 radical (unpaired) electrons. The molecule has 0 unspecified atom stereocenters. The van der Waals surface area contributed by atoms with Crippen molar-refractivity contribution in [3.8, 4) is 0 Å². The van der Waals surface area contributed by atoms with Gasteiger partial charge in [0.1, 0.15) is 11.6 Å². The summed E-state index contributed by atoms with van der Waals surface area (Å²) in [5, 5.41) is 3.33. The van der Waals surface area contributed by atoms with Crippen molar-refractivity contribution in [2.24, 2.45) is 0 Å². The van der Waals surface area contributed by atoms with Crippen LogP contribution in [0.25, 0.3) is 0 Å². The van der Waals surface area contributed by atoms with Crippen LogP contribution in [-0.4, -0.2) is 6.54 Å². The number of hydrogen-bond acceptors (Lipinski definition) is 2. The summed E-state index contributed by atoms with van der Waals surface area (Å²) in [6.07, 6.45) is 1.10. The van der Waals surface area contributed by atoms with E-state index in [9.17, 15) is 8.78 Å². The fourth-order valence-electron chi connectivity index (χ4n) is 1.82. The Morgan fingerprint density at radius 2 is 1.86 bits per heavy atom. The number of rotatable bonds is 6. The summed E-state index contributed by atoms with van der Waals surface area (Å²) in [5.74, 6) is -1.10. The second-order valence-electron chi connectivity index (χ2n) is 4.62. The van der Waals surface area contributed by atoms with Gasteiger partial charge >= 0.3 is 0 Å². The number of benzene rings is 2. The molecular weight excluding hydrogens is 356 g/mol. The van der Waals surface area contributed by atoms with E-state index in [1.54, 1.807) is 0 Å². The van der Waals surface area contributed by atoms with Crippen LogP contribution in [0.3, 0.4) is 0 Å². The molecule has 0 saturated heterocycles. The van der Waals surface area contributed by atoms with Gasteiger partial charge in [-0.1, -0.05) is 24.8 Å². The first-order chi connectivity index (χ1) is 10.1. The SMILES string of the molecule is CCCNCc1ccc(Sc2ccc(F)cc2F)c(Br)c1. The van der Waals surface area contributed by atoms with Gasteiger partial charge in [-0.05, 0) is 58.7 Å². The van der Waals surface area contributed by atoms with E-state index in [2.05, 4.69) is 28.2 Å². The maximum Gasteiger partial charge on any atom is 0.140 e. The van der Waals surface area contributed by atoms with Gasteiger partial charge in [-0.2, -0.15) is 0 Å². The van der Waals surface area contributed by atoms with Crippen molar-refractivity contribution in [2.45, 2.75) is 29.7 Å². The molecule has 21 heavy (non-hydrogen) atoms. The molecule has 2 aromatic rings. The van der Waals surface area contributed by atoms with Crippen LogP contribution >= 0.6 is 27.7 Å². The van der Waals surface area contributed by atoms with E-state index in [4.69, 9.17) is 0 Å². The largest absolute Gasteiger partial charge is 0.313 e. The zero-order chi connectivity index (χ0) is 15.2. The van der Waals surface area contributed by atoms with Crippen molar-refractivity contribution in [1.82, 2.24) is 5.32 Å². The van der Waals surface area contributed by atoms with E-state index in [1.165, 1.54) is 29.5 Å². The summed E-state index contributed by atoms with van der Waals surface area (Å²) >= 11 is 4.79. The molecule has 0 fully saturated rings. The summed E-state index contributed by atoms with van der Waals surface area (Å²) in [6.45, 7) is 3.91. The Morgan fingerprint density at radius 1 is 1.10 bits per heavy atom. The van der Waals surface area contributed by atoms with E-state index in [1.807, 2.05) is 18.2 Å². The molecule has 0 spiro atoms. The van der Waals surface area contributed by atoms with Gasteiger partial charge in [0.05, 0.1) is 0 Å². The molecule has 2 rings (SSSR count). The third-order valence-electron chi connectivity index (χ3n) is 2.87. The predicted octanol–water partition coefficient (Wildman–Crippen LogP) is 5.38. The van der Waals surface area contributed by atoms with Gasteiger partial charge in [0.15, 0.2) is 0 Å². The van der Waals surface area contributed by atoms with Crippen LogP contribution in [-0.2, 0) is 6.54 Å². The molecule has 0 heterocycles. The predicted molar refractivity (Wildman–Crippen MR) is 86.6 cm³/mol. The fraction of sp³-hybridized carbons (Fsp3) is 0.250. The maximum atomic E-state index is 13.7. The van der Waals surface area contributed by atoms with Crippen LogP contribution in [0.15, 0.2) is 50.7 Å². The Hall–Kier alpha value is -0.910. The topological polar surface area (TPSA) is 12.0 Å². The summed E-state index contributed by atoms with van der Waals surface area (Å²) in [4.78, 5) is 1.31. The van der Waals surface area contributed by atoms with Crippen LogP contribution in [0.1, 0.15) is 18.9 Å². The van der Waals surface area contributed by atoms with Gasteiger partial charge in [0.25, 0.3) is 0 Å². The lowest BCUT2D eigenvalue weighted by atomic mass is 10.2. The van der Waals surface area contributed by atoms with Crippen molar-refractivity contribution in [2.75, 3.05) is 6.54 Å². The third kappa shape index (κ3) is 4.80. The molecule has 0 saturated carbocycles. The van der Waals surface area contributed by atoms with Crippen LogP contribution in [0.2, 0.25) is 0 Å². The van der Waals surface area contributed by atoms with Crippen LogP contribution in [0.5, 0.6) is 0 Å². The molecule has 2 aromatic carbocycles. The molecule has 1 nitrogen and oxygen atoms in total. The van der Waals surface area contributed by atoms with Crippen LogP contribution < -0.4 is 5.32 Å². The minimum absolute atomic E-state index is 0.411. The normalized spacial score (nSPS) is 10.9. The highest BCUT2D eigenvalue weighted by Crippen LogP contribution is 2.35. The van der Waals surface area contributed by atoms with Crippen molar-refractivity contribution in [1.29, 1.82) is 0 Å². The lowest BCUT2D eigenvalue weighted by Gasteiger charge is -2.09. The standard InChI is InChI=1S/C16H16BrF2NS/c1-2-7-20-10-11-3-5-15(13(17)8-11)21-16-6-4-12(18)9-14(16)19/h3-6,8-9,20H,2,7,10H2,1H3. The highest BCUT2D eigenvalue weighted by Gasteiger charge is 2.08.